The average molecular weight is 492 g/mol. The molecule has 2 aliphatic rings. The molecular formula is C22H29N5O6S. The Hall–Kier alpha value is -3.09. The standard InChI is InChI=1S/C22H29N5O6S/c1-13(26(2)3)11-32-17-9-16(15-8-14-6-5-7-31-22(14)24-10-15)20-19(18(17)21(23)28)25-12-27(20)33-34(4,29)30/h8-10,13,25H,5-7,11-12H2,1-4H3,(H2,23,28)/t13-/m1/s1. The molecule has 0 fully saturated rings. The Kier molecular flexibility index (Phi) is 6.56. The topological polar surface area (TPSA) is 136 Å². The van der Waals surface area contributed by atoms with Crippen molar-refractivity contribution in [2.24, 2.45) is 5.73 Å². The van der Waals surface area contributed by atoms with Crippen LogP contribution in [0.15, 0.2) is 18.3 Å². The number of primary amides is 1. The van der Waals surface area contributed by atoms with E-state index in [9.17, 15) is 13.2 Å². The zero-order valence-electron chi connectivity index (χ0n) is 19.6. The van der Waals surface area contributed by atoms with E-state index >= 15 is 0 Å². The molecule has 2 aromatic rings. The summed E-state index contributed by atoms with van der Waals surface area (Å²) in [5.41, 5.74) is 8.80. The average Bonchev–Trinajstić information content (AvgIpc) is 3.17. The number of nitrogens with zero attached hydrogens (tertiary/aromatic N) is 3. The third-order valence-corrected chi connectivity index (χ3v) is 6.26. The van der Waals surface area contributed by atoms with Gasteiger partial charge in [0.15, 0.2) is 0 Å². The van der Waals surface area contributed by atoms with Crippen LogP contribution in [0.1, 0.15) is 29.3 Å². The fraction of sp³-hybridized carbons (Fsp3) is 0.455. The number of hydrogen-bond acceptors (Lipinski definition) is 10. The van der Waals surface area contributed by atoms with Crippen molar-refractivity contribution in [1.82, 2.24) is 9.88 Å². The van der Waals surface area contributed by atoms with Crippen LogP contribution in [0.2, 0.25) is 0 Å². The first-order valence-electron chi connectivity index (χ1n) is 10.9. The number of ether oxygens (including phenoxy) is 2. The first kappa shape index (κ1) is 24.0. The van der Waals surface area contributed by atoms with Gasteiger partial charge in [-0.15, -0.1) is 4.28 Å². The van der Waals surface area contributed by atoms with Gasteiger partial charge in [-0.1, -0.05) is 0 Å². The van der Waals surface area contributed by atoms with Crippen molar-refractivity contribution in [3.63, 3.8) is 0 Å². The lowest BCUT2D eigenvalue weighted by atomic mass is 9.97. The summed E-state index contributed by atoms with van der Waals surface area (Å²) in [6.07, 6.45) is 4.28. The number of amides is 1. The van der Waals surface area contributed by atoms with Gasteiger partial charge in [0.2, 0.25) is 5.88 Å². The van der Waals surface area contributed by atoms with Gasteiger partial charge in [0.05, 0.1) is 24.2 Å². The third kappa shape index (κ3) is 4.88. The number of nitrogens with two attached hydrogens (primary N) is 1. The van der Waals surface area contributed by atoms with E-state index in [2.05, 4.69) is 10.3 Å². The number of hydroxylamine groups is 1. The van der Waals surface area contributed by atoms with Gasteiger partial charge in [-0.25, -0.2) is 10.0 Å². The van der Waals surface area contributed by atoms with E-state index in [4.69, 9.17) is 19.5 Å². The van der Waals surface area contributed by atoms with E-state index in [1.807, 2.05) is 32.0 Å². The summed E-state index contributed by atoms with van der Waals surface area (Å²) in [4.78, 5) is 18.9. The van der Waals surface area contributed by atoms with Crippen LogP contribution in [-0.2, 0) is 20.8 Å². The molecule has 0 radical (unpaired) electrons. The minimum Gasteiger partial charge on any atom is -0.491 e. The molecule has 11 nitrogen and oxygen atoms in total. The molecule has 0 aliphatic carbocycles. The largest absolute Gasteiger partial charge is 0.491 e. The van der Waals surface area contributed by atoms with Crippen molar-refractivity contribution in [2.75, 3.05) is 50.6 Å². The number of fused-ring (bicyclic) bond motifs is 2. The first-order valence-corrected chi connectivity index (χ1v) is 12.7. The number of likely N-dealkylation sites (N-methyl/N-ethyl adjacent to an activating group) is 1. The fourth-order valence-electron chi connectivity index (χ4n) is 3.86. The van der Waals surface area contributed by atoms with Gasteiger partial charge in [0.1, 0.15) is 24.6 Å². The highest BCUT2D eigenvalue weighted by Gasteiger charge is 2.33. The molecule has 3 heterocycles. The van der Waals surface area contributed by atoms with Gasteiger partial charge in [-0.3, -0.25) is 4.79 Å². The van der Waals surface area contributed by atoms with Crippen LogP contribution < -0.4 is 25.6 Å². The Morgan fingerprint density at radius 1 is 1.38 bits per heavy atom. The number of benzene rings is 1. The van der Waals surface area contributed by atoms with Crippen molar-refractivity contribution in [1.29, 1.82) is 0 Å². The highest BCUT2D eigenvalue weighted by Crippen LogP contribution is 2.47. The molecule has 0 saturated carbocycles. The number of aryl methyl sites for hydroxylation is 1. The summed E-state index contributed by atoms with van der Waals surface area (Å²) in [5.74, 6) is 0.164. The molecule has 34 heavy (non-hydrogen) atoms. The number of aromatic nitrogens is 1. The molecule has 1 aromatic carbocycles. The highest BCUT2D eigenvalue weighted by atomic mass is 32.2. The van der Waals surface area contributed by atoms with Crippen molar-refractivity contribution in [3.8, 4) is 22.8 Å². The fourth-order valence-corrected chi connectivity index (χ4v) is 4.31. The van der Waals surface area contributed by atoms with E-state index in [0.29, 0.717) is 41.6 Å². The molecule has 0 saturated heterocycles. The van der Waals surface area contributed by atoms with Crippen LogP contribution in [0.3, 0.4) is 0 Å². The zero-order valence-corrected chi connectivity index (χ0v) is 20.4. The van der Waals surface area contributed by atoms with Crippen molar-refractivity contribution < 1.29 is 27.0 Å². The number of carbonyl (C=O) groups is 1. The molecule has 0 spiro atoms. The van der Waals surface area contributed by atoms with Crippen LogP contribution in [-0.4, -0.2) is 70.5 Å². The van der Waals surface area contributed by atoms with Gasteiger partial charge in [-0.05, 0) is 46.0 Å². The predicted molar refractivity (Wildman–Crippen MR) is 128 cm³/mol. The van der Waals surface area contributed by atoms with Crippen LogP contribution in [0.4, 0.5) is 11.4 Å². The number of rotatable bonds is 8. The zero-order chi connectivity index (χ0) is 24.6. The van der Waals surface area contributed by atoms with E-state index < -0.39 is 16.0 Å². The minimum atomic E-state index is -3.84. The van der Waals surface area contributed by atoms with E-state index in [-0.39, 0.29) is 24.0 Å². The SMILES string of the molecule is C[C@H](COc1cc(-c2cnc3c(c2)CCCO3)c2c(c1C(N)=O)NCN2OS(C)(=O)=O)N(C)C. The highest BCUT2D eigenvalue weighted by molar-refractivity contribution is 7.86. The summed E-state index contributed by atoms with van der Waals surface area (Å²) in [6, 6.07) is 3.70. The maximum atomic E-state index is 12.5. The molecule has 1 atom stereocenters. The Labute approximate surface area is 198 Å². The molecule has 0 unspecified atom stereocenters. The normalized spacial score (nSPS) is 15.9. The van der Waals surface area contributed by atoms with E-state index in [1.165, 1.54) is 5.06 Å². The first-order chi connectivity index (χ1) is 16.0. The third-order valence-electron chi connectivity index (χ3n) is 5.81. The lowest BCUT2D eigenvalue weighted by Crippen LogP contribution is -2.31. The Bertz CT molecular complexity index is 1220. The van der Waals surface area contributed by atoms with E-state index in [1.54, 1.807) is 12.3 Å². The minimum absolute atomic E-state index is 0.00524. The molecule has 12 heteroatoms. The van der Waals surface area contributed by atoms with Crippen LogP contribution in [0, 0.1) is 0 Å². The van der Waals surface area contributed by atoms with Gasteiger partial charge in [0.25, 0.3) is 16.0 Å². The Morgan fingerprint density at radius 3 is 2.82 bits per heavy atom. The van der Waals surface area contributed by atoms with Crippen LogP contribution >= 0.6 is 0 Å². The molecular weight excluding hydrogens is 462 g/mol. The summed E-state index contributed by atoms with van der Waals surface area (Å²) in [5, 5.41) is 4.24. The maximum absolute atomic E-state index is 12.5. The number of pyridine rings is 1. The lowest BCUT2D eigenvalue weighted by Gasteiger charge is -2.24. The summed E-state index contributed by atoms with van der Waals surface area (Å²) < 4.78 is 40.7. The van der Waals surface area contributed by atoms with Crippen molar-refractivity contribution in [3.05, 3.63) is 29.5 Å². The van der Waals surface area contributed by atoms with Crippen LogP contribution in [0.25, 0.3) is 11.1 Å². The molecule has 1 aromatic heterocycles. The summed E-state index contributed by atoms with van der Waals surface area (Å²) >= 11 is 0. The quantitative estimate of drug-likeness (QED) is 0.560. The van der Waals surface area contributed by atoms with Crippen molar-refractivity contribution >= 4 is 27.4 Å². The van der Waals surface area contributed by atoms with Crippen molar-refractivity contribution in [2.45, 2.75) is 25.8 Å². The molecule has 3 N–H and O–H groups in total. The number of carbonyl (C=O) groups excluding carboxylic acids is 1. The van der Waals surface area contributed by atoms with Gasteiger partial charge >= 0.3 is 0 Å². The van der Waals surface area contributed by atoms with Gasteiger partial charge in [0, 0.05) is 28.9 Å². The Balaban J connectivity index is 1.88. The van der Waals surface area contributed by atoms with Crippen LogP contribution in [0.5, 0.6) is 11.6 Å². The summed E-state index contributed by atoms with van der Waals surface area (Å²) in [7, 11) is 0.0206. The predicted octanol–water partition coefficient (Wildman–Crippen LogP) is 1.58. The monoisotopic (exact) mass is 491 g/mol. The second-order valence-electron chi connectivity index (χ2n) is 8.64. The summed E-state index contributed by atoms with van der Waals surface area (Å²) in [6.45, 7) is 2.91. The molecule has 4 rings (SSSR count). The Morgan fingerprint density at radius 2 is 2.15 bits per heavy atom. The number of hydrogen-bond donors (Lipinski definition) is 2. The van der Waals surface area contributed by atoms with E-state index in [0.717, 1.165) is 24.7 Å². The van der Waals surface area contributed by atoms with Gasteiger partial charge < -0.3 is 25.4 Å². The second kappa shape index (κ2) is 9.28. The number of anilines is 2. The number of nitrogens with one attached hydrogen (secondary N) is 1. The molecule has 184 valence electrons. The molecule has 0 bridgehead atoms. The molecule has 1 amide bonds. The van der Waals surface area contributed by atoms with Gasteiger partial charge in [-0.2, -0.15) is 8.42 Å². The second-order valence-corrected chi connectivity index (χ2v) is 10.2. The lowest BCUT2D eigenvalue weighted by molar-refractivity contribution is 0.0995. The smallest absolute Gasteiger partial charge is 0.285 e. The maximum Gasteiger partial charge on any atom is 0.285 e. The molecule has 2 aliphatic heterocycles.